The Morgan fingerprint density at radius 2 is 1.71 bits per heavy atom. The van der Waals surface area contributed by atoms with Gasteiger partial charge in [0.1, 0.15) is 5.84 Å². The van der Waals surface area contributed by atoms with Gasteiger partial charge in [0.15, 0.2) is 5.78 Å². The number of aromatic amines is 1. The van der Waals surface area contributed by atoms with Gasteiger partial charge in [-0.05, 0) is 49.6 Å². The summed E-state index contributed by atoms with van der Waals surface area (Å²) in [6.07, 6.45) is 7.67. The van der Waals surface area contributed by atoms with Crippen LogP contribution in [0.1, 0.15) is 59.3 Å². The summed E-state index contributed by atoms with van der Waals surface area (Å²) in [4.78, 5) is 23.1. The zero-order valence-corrected chi connectivity index (χ0v) is 25.3. The highest BCUT2D eigenvalue weighted by atomic mass is 16.5. The van der Waals surface area contributed by atoms with Gasteiger partial charge in [-0.15, -0.1) is 0 Å². The number of anilines is 1. The summed E-state index contributed by atoms with van der Waals surface area (Å²) in [6.45, 7) is 8.23. The highest BCUT2D eigenvalue weighted by Gasteiger charge is 2.07. The Morgan fingerprint density at radius 3 is 2.36 bits per heavy atom. The number of ether oxygens (including phenoxy) is 1. The number of nitrogens with one attached hydrogen (secondary N) is 2. The molecular formula is C34H40N6O2. The van der Waals surface area contributed by atoms with E-state index in [0.717, 1.165) is 28.0 Å². The molecule has 0 bridgehead atoms. The molecule has 0 aliphatic carbocycles. The lowest BCUT2D eigenvalue weighted by atomic mass is 10.1. The number of aromatic nitrogens is 4. The van der Waals surface area contributed by atoms with Crippen LogP contribution in [-0.2, 0) is 6.42 Å². The molecule has 0 atom stereocenters. The summed E-state index contributed by atoms with van der Waals surface area (Å²) < 4.78 is 4.75. The summed E-state index contributed by atoms with van der Waals surface area (Å²) in [5.74, 6) is 0.906. The van der Waals surface area contributed by atoms with Crippen LogP contribution in [0.5, 0.6) is 6.01 Å². The van der Waals surface area contributed by atoms with Crippen molar-refractivity contribution in [3.8, 4) is 6.01 Å². The molecule has 0 amide bonds. The number of benzene rings is 3. The van der Waals surface area contributed by atoms with Crippen molar-refractivity contribution < 1.29 is 9.53 Å². The predicted octanol–water partition coefficient (Wildman–Crippen LogP) is 7.39. The van der Waals surface area contributed by atoms with Crippen molar-refractivity contribution in [3.05, 3.63) is 113 Å². The first-order chi connectivity index (χ1) is 20.4. The van der Waals surface area contributed by atoms with Crippen LogP contribution in [0.2, 0.25) is 0 Å². The summed E-state index contributed by atoms with van der Waals surface area (Å²) in [5, 5.41) is 11.4. The number of carbonyl (C=O) groups excluding carboxylic acids is 1. The molecule has 2 aromatic heterocycles. The zero-order chi connectivity index (χ0) is 30.3. The second kappa shape index (κ2) is 16.4. The molecule has 0 saturated heterocycles. The Morgan fingerprint density at radius 1 is 0.952 bits per heavy atom. The normalized spacial score (nSPS) is 10.7. The van der Waals surface area contributed by atoms with Crippen LogP contribution in [0.25, 0.3) is 10.9 Å². The van der Waals surface area contributed by atoms with Crippen molar-refractivity contribution in [2.45, 2.75) is 47.0 Å². The molecule has 0 aliphatic rings. The third-order valence-corrected chi connectivity index (χ3v) is 6.40. The maximum absolute atomic E-state index is 11.1. The molecule has 2 N–H and O–H groups in total. The molecule has 3 aromatic carbocycles. The first kappa shape index (κ1) is 31.7. The third-order valence-electron chi connectivity index (χ3n) is 6.40. The van der Waals surface area contributed by atoms with Crippen LogP contribution >= 0.6 is 0 Å². The smallest absolute Gasteiger partial charge is 0.316 e. The molecule has 8 heteroatoms. The van der Waals surface area contributed by atoms with Gasteiger partial charge in [0, 0.05) is 42.5 Å². The fourth-order valence-electron chi connectivity index (χ4n) is 4.17. The first-order valence-electron chi connectivity index (χ1n) is 14.1. The monoisotopic (exact) mass is 564 g/mol. The number of H-pyrrole nitrogens is 1. The van der Waals surface area contributed by atoms with Crippen LogP contribution in [0, 0.1) is 13.8 Å². The van der Waals surface area contributed by atoms with Gasteiger partial charge in [0.05, 0.1) is 24.4 Å². The Balaban J connectivity index is 0.000000188. The van der Waals surface area contributed by atoms with E-state index in [1.807, 2.05) is 30.5 Å². The Bertz CT molecular complexity index is 1590. The van der Waals surface area contributed by atoms with Crippen LogP contribution in [0.3, 0.4) is 0 Å². The number of ketones is 1. The topological polar surface area (TPSA) is 105 Å². The van der Waals surface area contributed by atoms with Crippen LogP contribution < -0.4 is 10.1 Å². The van der Waals surface area contributed by atoms with Gasteiger partial charge in [0.2, 0.25) is 0 Å². The minimum Gasteiger partial charge on any atom is -0.467 e. The zero-order valence-electron chi connectivity index (χ0n) is 25.3. The van der Waals surface area contributed by atoms with Crippen molar-refractivity contribution in [1.29, 1.82) is 0 Å². The van der Waals surface area contributed by atoms with Crippen LogP contribution in [0.15, 0.2) is 90.3 Å². The van der Waals surface area contributed by atoms with E-state index in [1.54, 1.807) is 14.0 Å². The molecular weight excluding hydrogens is 524 g/mol. The number of hydrogen-bond donors (Lipinski definition) is 2. The van der Waals surface area contributed by atoms with Crippen molar-refractivity contribution in [2.24, 2.45) is 4.99 Å². The fourth-order valence-corrected chi connectivity index (χ4v) is 4.17. The number of carbonyl (C=O) groups is 1. The molecule has 5 aromatic rings. The average molecular weight is 565 g/mol. The van der Waals surface area contributed by atoms with Gasteiger partial charge in [-0.1, -0.05) is 74.4 Å². The highest BCUT2D eigenvalue weighted by molar-refractivity contribution is 6.09. The number of hydrogen-bond acceptors (Lipinski definition) is 6. The largest absolute Gasteiger partial charge is 0.467 e. The van der Waals surface area contributed by atoms with Gasteiger partial charge in [-0.2, -0.15) is 5.10 Å². The minimum atomic E-state index is 0.0395. The van der Waals surface area contributed by atoms with E-state index < -0.39 is 0 Å². The number of aliphatic imine (C=N–C) groups is 1. The van der Waals surface area contributed by atoms with E-state index in [-0.39, 0.29) is 11.8 Å². The minimum absolute atomic E-state index is 0.0395. The molecule has 42 heavy (non-hydrogen) atoms. The van der Waals surface area contributed by atoms with Crippen molar-refractivity contribution in [1.82, 2.24) is 20.2 Å². The van der Waals surface area contributed by atoms with E-state index in [1.165, 1.54) is 49.0 Å². The molecule has 0 saturated carbocycles. The molecule has 8 nitrogen and oxygen atoms in total. The van der Waals surface area contributed by atoms with Gasteiger partial charge in [0.25, 0.3) is 0 Å². The standard InChI is InChI=1S/C16H16N4.C10H14.C8H10N2O2/c1-11-5-3-4-6-14(11)16(17-2)19-13-7-8-15-12(9-13)10-18-20-15;1-3-5-10-7-4-6-9(2)8-10;1-3-7(11)6-4-9-8(12-2)10-5-6/h3-10H,1-2H3,(H,17,19)(H,18,20);4,6-8H,3,5H2,1-2H3;4-5H,3H2,1-2H3. The number of rotatable bonds is 7. The Kier molecular flexibility index (Phi) is 12.4. The van der Waals surface area contributed by atoms with Gasteiger partial charge in [-0.3, -0.25) is 14.9 Å². The van der Waals surface area contributed by atoms with Crippen molar-refractivity contribution in [3.63, 3.8) is 0 Å². The second-order valence-electron chi connectivity index (χ2n) is 9.66. The lowest BCUT2D eigenvalue weighted by Gasteiger charge is -2.12. The second-order valence-corrected chi connectivity index (χ2v) is 9.66. The molecule has 0 unspecified atom stereocenters. The van der Waals surface area contributed by atoms with Gasteiger partial charge >= 0.3 is 6.01 Å². The highest BCUT2D eigenvalue weighted by Crippen LogP contribution is 2.18. The van der Waals surface area contributed by atoms with Gasteiger partial charge < -0.3 is 10.1 Å². The summed E-state index contributed by atoms with van der Waals surface area (Å²) in [5.41, 5.74) is 7.70. The maximum atomic E-state index is 11.1. The quantitative estimate of drug-likeness (QED) is 0.121. The molecule has 0 fully saturated rings. The van der Waals surface area contributed by atoms with E-state index in [2.05, 4.69) is 93.7 Å². The first-order valence-corrected chi connectivity index (χ1v) is 14.1. The summed E-state index contributed by atoms with van der Waals surface area (Å²) in [7, 11) is 3.28. The van der Waals surface area contributed by atoms with Crippen molar-refractivity contribution in [2.75, 3.05) is 19.5 Å². The predicted molar refractivity (Wildman–Crippen MR) is 172 cm³/mol. The third kappa shape index (κ3) is 9.37. The van der Waals surface area contributed by atoms with E-state index in [9.17, 15) is 4.79 Å². The molecule has 0 spiro atoms. The maximum Gasteiger partial charge on any atom is 0.316 e. The molecule has 0 aliphatic heterocycles. The van der Waals surface area contributed by atoms with E-state index in [0.29, 0.717) is 12.0 Å². The van der Waals surface area contributed by atoms with E-state index >= 15 is 0 Å². The number of methoxy groups -OCH3 is 1. The Hall–Kier alpha value is -4.85. The molecule has 5 rings (SSSR count). The molecule has 0 radical (unpaired) electrons. The van der Waals surface area contributed by atoms with Crippen molar-refractivity contribution >= 4 is 28.2 Å². The average Bonchev–Trinajstić information content (AvgIpc) is 3.49. The van der Waals surface area contributed by atoms with E-state index in [4.69, 9.17) is 4.74 Å². The number of fused-ring (bicyclic) bond motifs is 1. The van der Waals surface area contributed by atoms with Crippen LogP contribution in [0.4, 0.5) is 5.69 Å². The Labute approximate surface area is 248 Å². The lowest BCUT2D eigenvalue weighted by molar-refractivity contribution is 0.0987. The number of Topliss-reactive ketones (excluding diaryl/α,β-unsaturated/α-hetero) is 1. The molecule has 218 valence electrons. The number of nitrogens with zero attached hydrogens (tertiary/aromatic N) is 4. The summed E-state index contributed by atoms with van der Waals surface area (Å²) >= 11 is 0. The van der Waals surface area contributed by atoms with Crippen LogP contribution in [-0.4, -0.2) is 45.9 Å². The molecule has 2 heterocycles. The van der Waals surface area contributed by atoms with Gasteiger partial charge in [-0.25, -0.2) is 9.97 Å². The lowest BCUT2D eigenvalue weighted by Crippen LogP contribution is -2.14. The number of aryl methyl sites for hydroxylation is 3. The number of amidine groups is 1. The summed E-state index contributed by atoms with van der Waals surface area (Å²) in [6, 6.07) is 23.3. The fraction of sp³-hybridized carbons (Fsp3) is 0.265. The SMILES string of the molecule is CCC(=O)c1cnc(OC)nc1.CCCc1cccc(C)c1.CN=C(Nc1ccc2[nH]ncc2c1)c1ccccc1C.